The van der Waals surface area contributed by atoms with Gasteiger partial charge >= 0.3 is 6.18 Å². The Kier molecular flexibility index (Phi) is 5.57. The number of benzene rings is 2. The third kappa shape index (κ3) is 4.33. The van der Waals surface area contributed by atoms with Gasteiger partial charge in [0.2, 0.25) is 0 Å². The van der Waals surface area contributed by atoms with Crippen LogP contribution in [0.1, 0.15) is 11.1 Å². The number of nitrogens with zero attached hydrogens (tertiary/aromatic N) is 1. The number of carbonyl (C=O) groups is 1. The van der Waals surface area contributed by atoms with Gasteiger partial charge in [0.15, 0.2) is 0 Å². The van der Waals surface area contributed by atoms with Gasteiger partial charge in [0, 0.05) is 0 Å². The normalized spacial score (nSPS) is 11.9. The molecule has 10 heteroatoms. The molecule has 0 atom stereocenters. The van der Waals surface area contributed by atoms with Gasteiger partial charge in [-0.05, 0) is 37.3 Å². The maximum atomic E-state index is 13.0. The van der Waals surface area contributed by atoms with Crippen LogP contribution in [0.15, 0.2) is 53.4 Å². The Morgan fingerprint density at radius 1 is 1.15 bits per heavy atom. The second-order valence-electron chi connectivity index (χ2n) is 5.44. The standard InChI is InChI=1S/C16H16F3N3O3S/c1-11-5-7-14(8-6-11)26(24,25)22(10-15(23)21-20)13-4-2-3-12(9-13)16(17,18)19/h2-9H,10,20H2,1H3,(H,21,23). The van der Waals surface area contributed by atoms with Crippen LogP contribution in [0, 0.1) is 6.92 Å². The van der Waals surface area contributed by atoms with E-state index in [2.05, 4.69) is 0 Å². The first-order chi connectivity index (χ1) is 12.1. The van der Waals surface area contributed by atoms with Crippen LogP contribution in [-0.2, 0) is 21.0 Å². The third-order valence-electron chi connectivity index (χ3n) is 3.52. The van der Waals surface area contributed by atoms with E-state index in [0.29, 0.717) is 10.4 Å². The monoisotopic (exact) mass is 387 g/mol. The van der Waals surface area contributed by atoms with Gasteiger partial charge in [-0.25, -0.2) is 14.3 Å². The number of carbonyl (C=O) groups excluding carboxylic acids is 1. The summed E-state index contributed by atoms with van der Waals surface area (Å²) >= 11 is 0. The quantitative estimate of drug-likeness (QED) is 0.467. The molecule has 6 nitrogen and oxygen atoms in total. The summed E-state index contributed by atoms with van der Waals surface area (Å²) < 4.78 is 65.2. The molecular weight excluding hydrogens is 371 g/mol. The van der Waals surface area contributed by atoms with Crippen molar-refractivity contribution in [2.75, 3.05) is 10.8 Å². The lowest BCUT2D eigenvalue weighted by Gasteiger charge is -2.24. The number of aryl methyl sites for hydroxylation is 1. The average molecular weight is 387 g/mol. The molecule has 26 heavy (non-hydrogen) atoms. The van der Waals surface area contributed by atoms with Crippen molar-refractivity contribution in [2.24, 2.45) is 5.84 Å². The first-order valence-corrected chi connectivity index (χ1v) is 8.76. The van der Waals surface area contributed by atoms with Crippen LogP contribution in [0.5, 0.6) is 0 Å². The van der Waals surface area contributed by atoms with Gasteiger partial charge in [0.25, 0.3) is 15.9 Å². The molecule has 140 valence electrons. The minimum atomic E-state index is -4.66. The van der Waals surface area contributed by atoms with E-state index in [1.807, 2.05) is 0 Å². The molecule has 1 amide bonds. The highest BCUT2D eigenvalue weighted by atomic mass is 32.2. The van der Waals surface area contributed by atoms with Crippen molar-refractivity contribution in [2.45, 2.75) is 18.0 Å². The van der Waals surface area contributed by atoms with E-state index in [4.69, 9.17) is 5.84 Å². The fraction of sp³-hybridized carbons (Fsp3) is 0.188. The second kappa shape index (κ2) is 7.34. The number of nitrogens with two attached hydrogens (primary N) is 1. The number of rotatable bonds is 5. The number of halogens is 3. The Morgan fingerprint density at radius 2 is 1.77 bits per heavy atom. The van der Waals surface area contributed by atoms with E-state index in [1.54, 1.807) is 24.5 Å². The van der Waals surface area contributed by atoms with Crippen LogP contribution in [-0.4, -0.2) is 20.9 Å². The molecule has 2 aromatic carbocycles. The summed E-state index contributed by atoms with van der Waals surface area (Å²) in [5.41, 5.74) is 1.24. The Bertz CT molecular complexity index is 897. The molecule has 0 aromatic heterocycles. The summed E-state index contributed by atoms with van der Waals surface area (Å²) in [7, 11) is -4.29. The number of hydrazine groups is 1. The number of amides is 1. The van der Waals surface area contributed by atoms with Crippen molar-refractivity contribution in [3.8, 4) is 0 Å². The summed E-state index contributed by atoms with van der Waals surface area (Å²) in [6, 6.07) is 9.41. The molecule has 0 aliphatic heterocycles. The smallest absolute Gasteiger partial charge is 0.293 e. The fourth-order valence-electron chi connectivity index (χ4n) is 2.17. The molecule has 0 aliphatic rings. The molecule has 0 unspecified atom stereocenters. The second-order valence-corrected chi connectivity index (χ2v) is 7.30. The van der Waals surface area contributed by atoms with Crippen molar-refractivity contribution in [1.82, 2.24) is 5.43 Å². The summed E-state index contributed by atoms with van der Waals surface area (Å²) in [5.74, 6) is 4.12. The Labute approximate surface area is 148 Å². The van der Waals surface area contributed by atoms with Gasteiger partial charge in [-0.1, -0.05) is 23.8 Å². The minimum absolute atomic E-state index is 0.162. The highest BCUT2D eigenvalue weighted by molar-refractivity contribution is 7.92. The predicted molar refractivity (Wildman–Crippen MR) is 89.5 cm³/mol. The summed E-state index contributed by atoms with van der Waals surface area (Å²) in [6.07, 6.45) is -4.66. The molecule has 0 bridgehead atoms. The van der Waals surface area contributed by atoms with Crippen molar-refractivity contribution in [3.05, 3.63) is 59.7 Å². The van der Waals surface area contributed by atoms with Crippen LogP contribution in [0.2, 0.25) is 0 Å². The molecule has 0 aliphatic carbocycles. The van der Waals surface area contributed by atoms with Gasteiger partial charge in [0.05, 0.1) is 16.1 Å². The summed E-state index contributed by atoms with van der Waals surface area (Å²) in [6.45, 7) is 0.983. The Hall–Kier alpha value is -2.59. The zero-order chi connectivity index (χ0) is 19.5. The molecule has 0 radical (unpaired) electrons. The van der Waals surface area contributed by atoms with Gasteiger partial charge in [0.1, 0.15) is 6.54 Å². The number of sulfonamides is 1. The lowest BCUT2D eigenvalue weighted by atomic mass is 10.2. The highest BCUT2D eigenvalue weighted by Crippen LogP contribution is 2.33. The Morgan fingerprint density at radius 3 is 2.31 bits per heavy atom. The zero-order valence-corrected chi connectivity index (χ0v) is 14.4. The lowest BCUT2D eigenvalue weighted by molar-refractivity contribution is -0.137. The van der Waals surface area contributed by atoms with Crippen molar-refractivity contribution in [3.63, 3.8) is 0 Å². The molecular formula is C16H16F3N3O3S. The first-order valence-electron chi connectivity index (χ1n) is 7.32. The van der Waals surface area contributed by atoms with E-state index >= 15 is 0 Å². The molecule has 3 N–H and O–H groups in total. The number of nitrogens with one attached hydrogen (secondary N) is 1. The van der Waals surface area contributed by atoms with Crippen molar-refractivity contribution >= 4 is 21.6 Å². The van der Waals surface area contributed by atoms with Gasteiger partial charge in [-0.15, -0.1) is 0 Å². The van der Waals surface area contributed by atoms with Crippen LogP contribution < -0.4 is 15.6 Å². The van der Waals surface area contributed by atoms with E-state index in [0.717, 1.165) is 17.7 Å². The maximum absolute atomic E-state index is 13.0. The molecule has 0 saturated heterocycles. The lowest BCUT2D eigenvalue weighted by Crippen LogP contribution is -2.43. The molecule has 2 rings (SSSR count). The van der Waals surface area contributed by atoms with E-state index in [9.17, 15) is 26.4 Å². The highest BCUT2D eigenvalue weighted by Gasteiger charge is 2.33. The number of alkyl halides is 3. The van der Waals surface area contributed by atoms with Gasteiger partial charge in [-0.3, -0.25) is 14.5 Å². The van der Waals surface area contributed by atoms with Crippen molar-refractivity contribution in [1.29, 1.82) is 0 Å². The van der Waals surface area contributed by atoms with Crippen LogP contribution >= 0.6 is 0 Å². The minimum Gasteiger partial charge on any atom is -0.293 e. The number of hydrogen-bond donors (Lipinski definition) is 2. The molecule has 0 fully saturated rings. The number of anilines is 1. The van der Waals surface area contributed by atoms with Crippen LogP contribution in [0.25, 0.3) is 0 Å². The van der Waals surface area contributed by atoms with E-state index in [-0.39, 0.29) is 10.6 Å². The average Bonchev–Trinajstić information content (AvgIpc) is 2.59. The fourth-order valence-corrected chi connectivity index (χ4v) is 3.58. The summed E-state index contributed by atoms with van der Waals surface area (Å²) in [4.78, 5) is 11.5. The van der Waals surface area contributed by atoms with E-state index < -0.39 is 34.2 Å². The SMILES string of the molecule is Cc1ccc(S(=O)(=O)N(CC(=O)NN)c2cccc(C(F)(F)F)c2)cc1. The maximum Gasteiger partial charge on any atom is 0.416 e. The molecule has 0 saturated carbocycles. The van der Waals surface area contributed by atoms with Crippen molar-refractivity contribution < 1.29 is 26.4 Å². The number of hydrogen-bond acceptors (Lipinski definition) is 4. The predicted octanol–water partition coefficient (Wildman–Crippen LogP) is 2.20. The summed E-state index contributed by atoms with van der Waals surface area (Å²) in [5, 5.41) is 0. The van der Waals surface area contributed by atoms with Crippen LogP contribution in [0.4, 0.5) is 18.9 Å². The van der Waals surface area contributed by atoms with Crippen LogP contribution in [0.3, 0.4) is 0 Å². The molecule has 2 aromatic rings. The third-order valence-corrected chi connectivity index (χ3v) is 5.31. The van der Waals surface area contributed by atoms with Gasteiger partial charge < -0.3 is 0 Å². The Balaban J connectivity index is 2.57. The molecule has 0 heterocycles. The zero-order valence-electron chi connectivity index (χ0n) is 13.6. The molecule has 0 spiro atoms. The van der Waals surface area contributed by atoms with Gasteiger partial charge in [-0.2, -0.15) is 13.2 Å². The largest absolute Gasteiger partial charge is 0.416 e. The van der Waals surface area contributed by atoms with E-state index in [1.165, 1.54) is 18.2 Å². The first kappa shape index (κ1) is 19.7. The topological polar surface area (TPSA) is 92.5 Å².